The number of hydrogen-bond donors (Lipinski definition) is 1. The van der Waals surface area contributed by atoms with Gasteiger partial charge < -0.3 is 37.9 Å². The van der Waals surface area contributed by atoms with E-state index in [9.17, 15) is 33.9 Å². The van der Waals surface area contributed by atoms with Crippen molar-refractivity contribution < 1.29 is 66.7 Å². The number of carbonyl (C=O) groups is 6. The molecule has 6 rings (SSSR count). The maximum absolute atomic E-state index is 13.7. The van der Waals surface area contributed by atoms with Gasteiger partial charge in [-0.05, 0) is 24.8 Å². The average Bonchev–Trinajstić information content (AvgIpc) is 3.65. The van der Waals surface area contributed by atoms with Crippen LogP contribution in [0.4, 0.5) is 0 Å². The molecule has 4 saturated carbocycles. The van der Waals surface area contributed by atoms with Crippen LogP contribution in [0.3, 0.4) is 0 Å². The van der Waals surface area contributed by atoms with E-state index in [1.54, 1.807) is 13.0 Å². The summed E-state index contributed by atoms with van der Waals surface area (Å²) in [6.07, 6.45) is -2.41. The largest absolute Gasteiger partial charge is 0.472 e. The Balaban J connectivity index is 1.69. The van der Waals surface area contributed by atoms with E-state index in [0.717, 1.165) is 0 Å². The molecule has 13 atom stereocenters. The van der Waals surface area contributed by atoms with Gasteiger partial charge >= 0.3 is 35.8 Å². The molecule has 268 valence electrons. The zero-order chi connectivity index (χ0) is 36.1. The molecule has 49 heavy (non-hydrogen) atoms. The van der Waals surface area contributed by atoms with Gasteiger partial charge in [-0.2, -0.15) is 0 Å². The van der Waals surface area contributed by atoms with Crippen LogP contribution in [0.15, 0.2) is 23.0 Å². The molecular formula is C35H44O14. The third-order valence-corrected chi connectivity index (χ3v) is 13.0. The number of furan rings is 1. The third-order valence-electron chi connectivity index (χ3n) is 13.0. The van der Waals surface area contributed by atoms with Gasteiger partial charge in [0.15, 0.2) is 0 Å². The fourth-order valence-electron chi connectivity index (χ4n) is 11.6. The second-order valence-corrected chi connectivity index (χ2v) is 15.2. The Labute approximate surface area is 283 Å². The third kappa shape index (κ3) is 4.54. The maximum atomic E-state index is 13.7. The van der Waals surface area contributed by atoms with Crippen molar-refractivity contribution in [1.29, 1.82) is 0 Å². The van der Waals surface area contributed by atoms with Crippen LogP contribution < -0.4 is 0 Å². The lowest BCUT2D eigenvalue weighted by Crippen LogP contribution is -2.83. The molecule has 1 aromatic rings. The summed E-state index contributed by atoms with van der Waals surface area (Å²) in [7, 11) is 1.24. The highest BCUT2D eigenvalue weighted by atomic mass is 16.6. The first-order valence-corrected chi connectivity index (χ1v) is 16.5. The van der Waals surface area contributed by atoms with Crippen molar-refractivity contribution in [2.45, 2.75) is 110 Å². The zero-order valence-corrected chi connectivity index (χ0v) is 28.9. The minimum absolute atomic E-state index is 0.0645. The summed E-state index contributed by atoms with van der Waals surface area (Å²) in [5.41, 5.74) is -6.92. The van der Waals surface area contributed by atoms with Crippen molar-refractivity contribution in [2.75, 3.05) is 7.11 Å². The van der Waals surface area contributed by atoms with Crippen LogP contribution in [0.5, 0.6) is 0 Å². The van der Waals surface area contributed by atoms with E-state index in [1.165, 1.54) is 47.3 Å². The van der Waals surface area contributed by atoms with Crippen LogP contribution in [0.1, 0.15) is 85.8 Å². The predicted molar refractivity (Wildman–Crippen MR) is 162 cm³/mol. The van der Waals surface area contributed by atoms with Crippen molar-refractivity contribution in [3.05, 3.63) is 24.2 Å². The maximum Gasteiger partial charge on any atom is 0.306 e. The topological polar surface area (TPSA) is 191 Å². The second kappa shape index (κ2) is 11.3. The van der Waals surface area contributed by atoms with Gasteiger partial charge in [-0.3, -0.25) is 28.8 Å². The molecule has 14 nitrogen and oxygen atoms in total. The fourth-order valence-corrected chi connectivity index (χ4v) is 11.6. The van der Waals surface area contributed by atoms with Crippen LogP contribution in [0.25, 0.3) is 0 Å². The molecule has 1 aromatic heterocycles. The molecule has 0 aromatic carbocycles. The summed E-state index contributed by atoms with van der Waals surface area (Å²) >= 11 is 0. The number of fused-ring (bicyclic) bond motifs is 5. The summed E-state index contributed by atoms with van der Waals surface area (Å²) in [5, 5.41) is 13.7. The molecule has 14 heteroatoms. The van der Waals surface area contributed by atoms with E-state index in [1.807, 2.05) is 13.8 Å². The van der Waals surface area contributed by atoms with Crippen LogP contribution in [-0.2, 0) is 57.2 Å². The predicted octanol–water partition coefficient (Wildman–Crippen LogP) is 2.98. The highest BCUT2D eigenvalue weighted by Gasteiger charge is 2.91. The molecule has 2 bridgehead atoms. The molecule has 1 aliphatic heterocycles. The molecular weight excluding hydrogens is 644 g/mol. The van der Waals surface area contributed by atoms with E-state index in [0.29, 0.717) is 5.56 Å². The lowest BCUT2D eigenvalue weighted by atomic mass is 9.36. The van der Waals surface area contributed by atoms with Gasteiger partial charge in [-0.1, -0.05) is 20.8 Å². The van der Waals surface area contributed by atoms with E-state index in [-0.39, 0.29) is 25.7 Å². The van der Waals surface area contributed by atoms with Crippen molar-refractivity contribution in [3.8, 4) is 0 Å². The Morgan fingerprint density at radius 3 is 2.10 bits per heavy atom. The molecule has 2 heterocycles. The Bertz CT molecular complexity index is 1590. The summed E-state index contributed by atoms with van der Waals surface area (Å²) < 4.78 is 41.0. The summed E-state index contributed by atoms with van der Waals surface area (Å²) in [4.78, 5) is 78.5. The fraction of sp³-hybridized carbons (Fsp3) is 0.714. The normalized spacial score (nSPS) is 44.5. The Kier molecular flexibility index (Phi) is 8.04. The second-order valence-electron chi connectivity index (χ2n) is 15.2. The van der Waals surface area contributed by atoms with Crippen molar-refractivity contribution in [2.24, 2.45) is 39.9 Å². The molecule has 5 fully saturated rings. The minimum Gasteiger partial charge on any atom is -0.472 e. The van der Waals surface area contributed by atoms with Crippen molar-refractivity contribution in [3.63, 3.8) is 0 Å². The number of rotatable bonds is 7. The quantitative estimate of drug-likeness (QED) is 0.325. The van der Waals surface area contributed by atoms with E-state index in [4.69, 9.17) is 32.8 Å². The van der Waals surface area contributed by atoms with E-state index < -0.39 is 111 Å². The lowest BCUT2D eigenvalue weighted by Gasteiger charge is -2.72. The standard InChI is InChI=1S/C35H44O14/c1-16(36)45-24-11-23-33(7)21(12-25(40)43-8)31(5)15-34(33,49-19(4)39)27(29(31)46-17(2)37)30(47-18(3)38)35(23,42)22-13-26(41)48-28(32(22,24)6)20-9-10-44-14-20/h9-10,14,21-24,27-30,42H,11-13,15H2,1-8H3/t21-,22+,23+,24-,27-,28-,29+,30+,31+,32-,33-,34-,35-/m0/s1. The molecule has 5 aliphatic rings. The minimum atomic E-state index is -2.11. The summed E-state index contributed by atoms with van der Waals surface area (Å²) in [6.45, 7) is 10.3. The number of hydrogen-bond acceptors (Lipinski definition) is 14. The molecule has 0 amide bonds. The smallest absolute Gasteiger partial charge is 0.306 e. The molecule has 0 spiro atoms. The highest BCUT2D eigenvalue weighted by molar-refractivity contribution is 5.74. The van der Waals surface area contributed by atoms with Gasteiger partial charge in [0, 0.05) is 62.3 Å². The number of esters is 6. The van der Waals surface area contributed by atoms with Gasteiger partial charge in [-0.25, -0.2) is 0 Å². The van der Waals surface area contributed by atoms with Crippen LogP contribution in [0, 0.1) is 39.9 Å². The lowest BCUT2D eigenvalue weighted by molar-refractivity contribution is -0.365. The number of methoxy groups -OCH3 is 1. The summed E-state index contributed by atoms with van der Waals surface area (Å²) in [6, 6.07) is 1.61. The van der Waals surface area contributed by atoms with Crippen LogP contribution in [-0.4, -0.2) is 77.5 Å². The Morgan fingerprint density at radius 2 is 1.55 bits per heavy atom. The van der Waals surface area contributed by atoms with Gasteiger partial charge in [0.2, 0.25) is 0 Å². The van der Waals surface area contributed by atoms with Crippen LogP contribution in [0.2, 0.25) is 0 Å². The SMILES string of the molecule is COC(=O)C[C@H]1[C@@]2(C)C[C@]3(OC(C)=O)[C@@H]([C@H]2OC(C)=O)[C@@H](OC(C)=O)[C@]2(O)[C@@H]4CC(=O)O[C@@H](c5ccoc5)[C@]4(C)[C@@H](OC(C)=O)C[C@@H]2[C@]13C. The number of carbonyl (C=O) groups excluding carboxylic acids is 6. The summed E-state index contributed by atoms with van der Waals surface area (Å²) in [5.74, 6) is -7.99. The van der Waals surface area contributed by atoms with Crippen molar-refractivity contribution >= 4 is 35.8 Å². The van der Waals surface area contributed by atoms with Gasteiger partial charge in [-0.15, -0.1) is 0 Å². The number of aliphatic hydroxyl groups is 1. The number of ether oxygens (including phenoxy) is 6. The first-order chi connectivity index (χ1) is 22.8. The zero-order valence-electron chi connectivity index (χ0n) is 28.9. The Hall–Kier alpha value is -3.94. The molecule has 0 unspecified atom stereocenters. The Morgan fingerprint density at radius 1 is 0.918 bits per heavy atom. The van der Waals surface area contributed by atoms with Gasteiger partial charge in [0.1, 0.15) is 35.6 Å². The highest BCUT2D eigenvalue weighted by Crippen LogP contribution is 2.82. The first kappa shape index (κ1) is 34.9. The molecule has 0 radical (unpaired) electrons. The van der Waals surface area contributed by atoms with Crippen molar-refractivity contribution in [1.82, 2.24) is 0 Å². The van der Waals surface area contributed by atoms with Crippen LogP contribution >= 0.6 is 0 Å². The number of cyclic esters (lactones) is 1. The van der Waals surface area contributed by atoms with E-state index in [2.05, 4.69) is 0 Å². The molecule has 1 N–H and O–H groups in total. The first-order valence-electron chi connectivity index (χ1n) is 16.5. The molecule has 1 saturated heterocycles. The molecule has 4 aliphatic carbocycles. The van der Waals surface area contributed by atoms with Gasteiger partial charge in [0.25, 0.3) is 0 Å². The average molecular weight is 689 g/mol. The van der Waals surface area contributed by atoms with E-state index >= 15 is 0 Å². The van der Waals surface area contributed by atoms with Gasteiger partial charge in [0.05, 0.1) is 37.4 Å². The monoisotopic (exact) mass is 688 g/mol.